The van der Waals surface area contributed by atoms with Gasteiger partial charge in [0, 0.05) is 12.7 Å². The molecule has 2 unspecified atom stereocenters. The minimum Gasteiger partial charge on any atom is -0.496 e. The van der Waals surface area contributed by atoms with Crippen molar-refractivity contribution in [2.24, 2.45) is 0 Å². The van der Waals surface area contributed by atoms with Gasteiger partial charge in [0.15, 0.2) is 0 Å². The molecule has 0 aliphatic carbocycles. The Morgan fingerprint density at radius 3 is 2.53 bits per heavy atom. The van der Waals surface area contributed by atoms with Gasteiger partial charge in [-0.25, -0.2) is 0 Å². The van der Waals surface area contributed by atoms with Crippen LogP contribution < -0.4 is 10.1 Å². The van der Waals surface area contributed by atoms with Gasteiger partial charge in [-0.3, -0.25) is 0 Å². The van der Waals surface area contributed by atoms with E-state index >= 15 is 0 Å². The zero-order chi connectivity index (χ0) is 14.1. The summed E-state index contributed by atoms with van der Waals surface area (Å²) in [5.74, 6) is 0.886. The van der Waals surface area contributed by atoms with Gasteiger partial charge in [-0.05, 0) is 19.5 Å². The largest absolute Gasteiger partial charge is 0.496 e. The molecular weight excluding hydrogens is 242 g/mol. The van der Waals surface area contributed by atoms with E-state index in [1.165, 1.54) is 0 Å². The summed E-state index contributed by atoms with van der Waals surface area (Å²) in [4.78, 5) is 0. The lowest BCUT2D eigenvalue weighted by Gasteiger charge is -2.22. The van der Waals surface area contributed by atoms with Crippen LogP contribution in [0.2, 0.25) is 0 Å². The van der Waals surface area contributed by atoms with E-state index in [1.807, 2.05) is 25.1 Å². The van der Waals surface area contributed by atoms with Crippen molar-refractivity contribution in [3.8, 4) is 5.75 Å². The average Bonchev–Trinajstić information content (AvgIpc) is 2.43. The third kappa shape index (κ3) is 5.19. The van der Waals surface area contributed by atoms with Gasteiger partial charge in [-0.2, -0.15) is 0 Å². The van der Waals surface area contributed by atoms with Crippen LogP contribution >= 0.6 is 0 Å². The van der Waals surface area contributed by atoms with Crippen LogP contribution in [0, 0.1) is 0 Å². The van der Waals surface area contributed by atoms with Gasteiger partial charge < -0.3 is 19.5 Å². The highest BCUT2D eigenvalue weighted by atomic mass is 16.5. The van der Waals surface area contributed by atoms with Gasteiger partial charge in [0.1, 0.15) is 5.75 Å². The molecule has 0 radical (unpaired) electrons. The minimum atomic E-state index is 0.0841. The quantitative estimate of drug-likeness (QED) is 0.746. The molecule has 1 aromatic rings. The Kier molecular flexibility index (Phi) is 7.48. The second-order valence-corrected chi connectivity index (χ2v) is 4.45. The Morgan fingerprint density at radius 2 is 1.89 bits per heavy atom. The highest BCUT2D eigenvalue weighted by molar-refractivity contribution is 5.35. The predicted octanol–water partition coefficient (Wildman–Crippen LogP) is 2.40. The van der Waals surface area contributed by atoms with Gasteiger partial charge in [-0.15, -0.1) is 0 Å². The molecule has 0 amide bonds. The van der Waals surface area contributed by atoms with E-state index in [4.69, 9.17) is 14.2 Å². The van der Waals surface area contributed by atoms with Crippen LogP contribution in [0.15, 0.2) is 24.3 Å². The summed E-state index contributed by atoms with van der Waals surface area (Å²) in [6.07, 6.45) is 0.0841. The fourth-order valence-electron chi connectivity index (χ4n) is 2.00. The molecule has 1 N–H and O–H groups in total. The van der Waals surface area contributed by atoms with E-state index in [9.17, 15) is 0 Å². The number of rotatable bonds is 9. The Bertz CT molecular complexity index is 357. The fraction of sp³-hybridized carbons (Fsp3) is 0.600. The maximum Gasteiger partial charge on any atom is 0.123 e. The van der Waals surface area contributed by atoms with Crippen molar-refractivity contribution in [3.05, 3.63) is 29.8 Å². The van der Waals surface area contributed by atoms with Crippen LogP contribution in [-0.4, -0.2) is 40.1 Å². The second kappa shape index (κ2) is 8.91. The number of para-hydroxylation sites is 1. The third-order valence-corrected chi connectivity index (χ3v) is 2.91. The van der Waals surface area contributed by atoms with Crippen molar-refractivity contribution in [2.45, 2.75) is 26.0 Å². The van der Waals surface area contributed by atoms with Crippen LogP contribution in [0.25, 0.3) is 0 Å². The second-order valence-electron chi connectivity index (χ2n) is 4.45. The summed E-state index contributed by atoms with van der Waals surface area (Å²) < 4.78 is 16.3. The Hall–Kier alpha value is -1.10. The topological polar surface area (TPSA) is 39.7 Å². The van der Waals surface area contributed by atoms with Crippen LogP contribution in [-0.2, 0) is 9.47 Å². The van der Waals surface area contributed by atoms with Crippen molar-refractivity contribution in [1.82, 2.24) is 5.32 Å². The maximum atomic E-state index is 5.81. The SMILES string of the molecule is CCNC(COC(C)COC)c1ccccc1OC. The Balaban J connectivity index is 2.70. The van der Waals surface area contributed by atoms with E-state index < -0.39 is 0 Å². The van der Waals surface area contributed by atoms with Gasteiger partial charge in [0.2, 0.25) is 0 Å². The van der Waals surface area contributed by atoms with Crippen LogP contribution in [0.4, 0.5) is 0 Å². The lowest BCUT2D eigenvalue weighted by molar-refractivity contribution is -0.000599. The number of methoxy groups -OCH3 is 2. The zero-order valence-electron chi connectivity index (χ0n) is 12.3. The number of benzene rings is 1. The molecule has 0 bridgehead atoms. The molecule has 0 aliphatic rings. The molecule has 0 aliphatic heterocycles. The molecule has 4 nitrogen and oxygen atoms in total. The van der Waals surface area contributed by atoms with E-state index in [1.54, 1.807) is 14.2 Å². The molecule has 0 saturated heterocycles. The number of likely N-dealkylation sites (N-methyl/N-ethyl adjacent to an activating group) is 1. The van der Waals surface area contributed by atoms with Crippen LogP contribution in [0.5, 0.6) is 5.75 Å². The molecular formula is C15H25NO3. The number of ether oxygens (including phenoxy) is 3. The first-order valence-corrected chi connectivity index (χ1v) is 6.69. The summed E-state index contributed by atoms with van der Waals surface area (Å²) in [6.45, 7) is 6.17. The van der Waals surface area contributed by atoms with Crippen LogP contribution in [0.1, 0.15) is 25.5 Å². The Labute approximate surface area is 116 Å². The number of hydrogen-bond donors (Lipinski definition) is 1. The highest BCUT2D eigenvalue weighted by Crippen LogP contribution is 2.25. The van der Waals surface area contributed by atoms with Crippen molar-refractivity contribution in [1.29, 1.82) is 0 Å². The Morgan fingerprint density at radius 1 is 1.16 bits per heavy atom. The van der Waals surface area contributed by atoms with Gasteiger partial charge in [0.25, 0.3) is 0 Å². The summed E-state index contributed by atoms with van der Waals surface area (Å²) in [5, 5.41) is 3.43. The molecule has 1 rings (SSSR count). The monoisotopic (exact) mass is 267 g/mol. The average molecular weight is 267 g/mol. The molecule has 0 heterocycles. The van der Waals surface area contributed by atoms with Crippen molar-refractivity contribution in [2.75, 3.05) is 34.0 Å². The van der Waals surface area contributed by atoms with Gasteiger partial charge >= 0.3 is 0 Å². The molecule has 0 aromatic heterocycles. The van der Waals surface area contributed by atoms with Crippen molar-refractivity contribution >= 4 is 0 Å². The van der Waals surface area contributed by atoms with Gasteiger partial charge in [0.05, 0.1) is 32.5 Å². The molecule has 19 heavy (non-hydrogen) atoms. The third-order valence-electron chi connectivity index (χ3n) is 2.91. The summed E-state index contributed by atoms with van der Waals surface area (Å²) >= 11 is 0. The highest BCUT2D eigenvalue weighted by Gasteiger charge is 2.16. The van der Waals surface area contributed by atoms with Gasteiger partial charge in [-0.1, -0.05) is 25.1 Å². The first kappa shape index (κ1) is 16.0. The zero-order valence-corrected chi connectivity index (χ0v) is 12.3. The first-order valence-electron chi connectivity index (χ1n) is 6.69. The minimum absolute atomic E-state index is 0.0841. The standard InChI is InChI=1S/C15H25NO3/c1-5-16-14(11-19-12(2)10-17-3)13-8-6-7-9-15(13)18-4/h6-9,12,14,16H,5,10-11H2,1-4H3. The lowest BCUT2D eigenvalue weighted by atomic mass is 10.1. The predicted molar refractivity (Wildman–Crippen MR) is 76.7 cm³/mol. The summed E-state index contributed by atoms with van der Waals surface area (Å²) in [6, 6.07) is 8.15. The normalized spacial score (nSPS) is 14.1. The molecule has 0 saturated carbocycles. The molecule has 4 heteroatoms. The molecule has 1 aromatic carbocycles. The summed E-state index contributed by atoms with van der Waals surface area (Å²) in [5.41, 5.74) is 1.12. The van der Waals surface area contributed by atoms with E-state index in [0.717, 1.165) is 17.9 Å². The molecule has 2 atom stereocenters. The fourth-order valence-corrected chi connectivity index (χ4v) is 2.00. The smallest absolute Gasteiger partial charge is 0.123 e. The van der Waals surface area contributed by atoms with Crippen molar-refractivity contribution in [3.63, 3.8) is 0 Å². The van der Waals surface area contributed by atoms with E-state index in [-0.39, 0.29) is 12.1 Å². The maximum absolute atomic E-state index is 5.81. The van der Waals surface area contributed by atoms with Crippen LogP contribution in [0.3, 0.4) is 0 Å². The van der Waals surface area contributed by atoms with E-state index in [0.29, 0.717) is 13.2 Å². The molecule has 0 fully saturated rings. The number of nitrogens with one attached hydrogen (secondary N) is 1. The molecule has 0 spiro atoms. The van der Waals surface area contributed by atoms with E-state index in [2.05, 4.69) is 18.3 Å². The summed E-state index contributed by atoms with van der Waals surface area (Å²) in [7, 11) is 3.37. The van der Waals surface area contributed by atoms with Crippen molar-refractivity contribution < 1.29 is 14.2 Å². The number of hydrogen-bond acceptors (Lipinski definition) is 4. The molecule has 108 valence electrons. The lowest BCUT2D eigenvalue weighted by Crippen LogP contribution is -2.28. The first-order chi connectivity index (χ1) is 9.22.